The van der Waals surface area contributed by atoms with E-state index in [1.165, 1.54) is 0 Å². The number of rotatable bonds is 4. The minimum absolute atomic E-state index is 0.0269. The molecule has 1 rings (SSSR count). The Balaban J connectivity index is 2.57. The average molecular weight is 201 g/mol. The molecule has 0 radical (unpaired) electrons. The first kappa shape index (κ1) is 11.2. The van der Waals surface area contributed by atoms with Gasteiger partial charge in [-0.25, -0.2) is 0 Å². The first-order valence-corrected chi connectivity index (χ1v) is 4.81. The topological polar surface area (TPSA) is 20.3 Å². The molecule has 15 heavy (non-hydrogen) atoms. The van der Waals surface area contributed by atoms with Crippen LogP contribution in [0.25, 0.3) is 0 Å². The normalized spacial score (nSPS) is 11.1. The Morgan fingerprint density at radius 1 is 1.13 bits per heavy atom. The molecule has 0 aliphatic carbocycles. The van der Waals surface area contributed by atoms with Crippen LogP contribution in [0.1, 0.15) is 10.4 Å². The molecule has 0 N–H and O–H groups in total. The van der Waals surface area contributed by atoms with Crippen molar-refractivity contribution in [2.45, 2.75) is 0 Å². The van der Waals surface area contributed by atoms with Gasteiger partial charge in [0.25, 0.3) is 0 Å². The molecule has 0 aromatic heterocycles. The second-order valence-electron chi connectivity index (χ2n) is 3.39. The zero-order chi connectivity index (χ0) is 11.1. The van der Waals surface area contributed by atoms with Crippen LogP contribution in [-0.2, 0) is 0 Å². The first-order chi connectivity index (χ1) is 7.20. The smallest absolute Gasteiger partial charge is 0.185 e. The minimum Gasteiger partial charge on any atom is -0.383 e. The molecule has 0 fully saturated rings. The molecule has 1 aromatic carbocycles. The van der Waals surface area contributed by atoms with Crippen LogP contribution in [0.4, 0.5) is 0 Å². The highest BCUT2D eigenvalue weighted by molar-refractivity contribution is 6.04. The predicted molar refractivity (Wildman–Crippen MR) is 62.7 cm³/mol. The van der Waals surface area contributed by atoms with Gasteiger partial charge < -0.3 is 4.90 Å². The first-order valence-electron chi connectivity index (χ1n) is 4.81. The van der Waals surface area contributed by atoms with E-state index in [1.807, 2.05) is 61.6 Å². The number of allylic oxidation sites excluding steroid dienone is 3. The molecule has 0 saturated carbocycles. The summed E-state index contributed by atoms with van der Waals surface area (Å²) in [6, 6.07) is 9.23. The summed E-state index contributed by atoms with van der Waals surface area (Å²) in [7, 11) is 3.87. The van der Waals surface area contributed by atoms with Gasteiger partial charge in [-0.15, -0.1) is 0 Å². The summed E-state index contributed by atoms with van der Waals surface area (Å²) in [4.78, 5) is 13.5. The Bertz CT molecular complexity index is 363. The Hall–Kier alpha value is -1.83. The van der Waals surface area contributed by atoms with Crippen LogP contribution in [0.2, 0.25) is 0 Å². The molecule has 0 saturated heterocycles. The van der Waals surface area contributed by atoms with Gasteiger partial charge in [-0.3, -0.25) is 4.79 Å². The molecule has 1 aromatic rings. The standard InChI is InChI=1S/C13H15NO/c1-14(2)11-7-6-10-13(15)12-8-4-3-5-9-12/h3-11H,1-2H3/b10-6-,11-7-. The number of nitrogens with zero attached hydrogens (tertiary/aromatic N) is 1. The highest BCUT2D eigenvalue weighted by Crippen LogP contribution is 2.00. The molecule has 2 nitrogen and oxygen atoms in total. The number of hydrogen-bond donors (Lipinski definition) is 0. The van der Waals surface area contributed by atoms with Crippen LogP contribution < -0.4 is 0 Å². The summed E-state index contributed by atoms with van der Waals surface area (Å²) in [5.74, 6) is 0.0269. The average Bonchev–Trinajstić information content (AvgIpc) is 2.25. The largest absolute Gasteiger partial charge is 0.383 e. The van der Waals surface area contributed by atoms with E-state index in [1.54, 1.807) is 12.2 Å². The summed E-state index contributed by atoms with van der Waals surface area (Å²) >= 11 is 0. The lowest BCUT2D eigenvalue weighted by atomic mass is 10.1. The highest BCUT2D eigenvalue weighted by Gasteiger charge is 1.97. The predicted octanol–water partition coefficient (Wildman–Crippen LogP) is 2.50. The molecule has 0 atom stereocenters. The van der Waals surface area contributed by atoms with E-state index in [-0.39, 0.29) is 5.78 Å². The molecule has 0 aliphatic rings. The lowest BCUT2D eigenvalue weighted by molar-refractivity contribution is 0.104. The third-order valence-electron chi connectivity index (χ3n) is 1.80. The van der Waals surface area contributed by atoms with Gasteiger partial charge in [-0.05, 0) is 18.4 Å². The molecule has 0 aliphatic heterocycles. The summed E-state index contributed by atoms with van der Waals surface area (Å²) in [5.41, 5.74) is 0.715. The van der Waals surface area contributed by atoms with Gasteiger partial charge in [-0.1, -0.05) is 36.4 Å². The van der Waals surface area contributed by atoms with Crippen molar-refractivity contribution in [1.82, 2.24) is 4.90 Å². The molecule has 78 valence electrons. The van der Waals surface area contributed by atoms with Gasteiger partial charge in [0.05, 0.1) is 0 Å². The van der Waals surface area contributed by atoms with Crippen molar-refractivity contribution in [2.24, 2.45) is 0 Å². The van der Waals surface area contributed by atoms with Gasteiger partial charge in [-0.2, -0.15) is 0 Å². The lowest BCUT2D eigenvalue weighted by Crippen LogP contribution is -1.99. The van der Waals surface area contributed by atoms with Crippen molar-refractivity contribution < 1.29 is 4.79 Å². The second-order valence-corrected chi connectivity index (χ2v) is 3.39. The maximum Gasteiger partial charge on any atom is 0.185 e. The van der Waals surface area contributed by atoms with Crippen LogP contribution in [0, 0.1) is 0 Å². The zero-order valence-corrected chi connectivity index (χ0v) is 9.05. The Kier molecular flexibility index (Phi) is 4.35. The van der Waals surface area contributed by atoms with E-state index >= 15 is 0 Å². The maximum absolute atomic E-state index is 11.6. The quantitative estimate of drug-likeness (QED) is 0.424. The molecule has 0 spiro atoms. The Morgan fingerprint density at radius 3 is 2.40 bits per heavy atom. The van der Waals surface area contributed by atoms with Crippen molar-refractivity contribution in [3.63, 3.8) is 0 Å². The van der Waals surface area contributed by atoms with Gasteiger partial charge >= 0.3 is 0 Å². The minimum atomic E-state index is 0.0269. The van der Waals surface area contributed by atoms with Gasteiger partial charge in [0.2, 0.25) is 0 Å². The van der Waals surface area contributed by atoms with Crippen LogP contribution >= 0.6 is 0 Å². The van der Waals surface area contributed by atoms with Crippen molar-refractivity contribution in [3.05, 3.63) is 60.3 Å². The fourth-order valence-electron chi connectivity index (χ4n) is 1.06. The van der Waals surface area contributed by atoms with Gasteiger partial charge in [0.1, 0.15) is 0 Å². The van der Waals surface area contributed by atoms with E-state index in [0.29, 0.717) is 5.56 Å². The fraction of sp³-hybridized carbons (Fsp3) is 0.154. The highest BCUT2D eigenvalue weighted by atomic mass is 16.1. The van der Waals surface area contributed by atoms with Crippen molar-refractivity contribution >= 4 is 5.78 Å². The SMILES string of the molecule is CN(C)/C=C\C=C/C(=O)c1ccccc1. The number of carbonyl (C=O) groups is 1. The Morgan fingerprint density at radius 2 is 1.80 bits per heavy atom. The molecule has 0 bridgehead atoms. The summed E-state index contributed by atoms with van der Waals surface area (Å²) < 4.78 is 0. The van der Waals surface area contributed by atoms with Crippen LogP contribution in [0.15, 0.2) is 54.8 Å². The van der Waals surface area contributed by atoms with E-state index in [4.69, 9.17) is 0 Å². The third-order valence-corrected chi connectivity index (χ3v) is 1.80. The summed E-state index contributed by atoms with van der Waals surface area (Å²) in [6.45, 7) is 0. The Labute approximate surface area is 90.5 Å². The number of ketones is 1. The fourth-order valence-corrected chi connectivity index (χ4v) is 1.06. The third kappa shape index (κ3) is 4.27. The second kappa shape index (κ2) is 5.81. The van der Waals surface area contributed by atoms with Gasteiger partial charge in [0, 0.05) is 19.7 Å². The van der Waals surface area contributed by atoms with Crippen molar-refractivity contribution in [2.75, 3.05) is 14.1 Å². The molecule has 0 amide bonds. The van der Waals surface area contributed by atoms with E-state index in [9.17, 15) is 4.79 Å². The van der Waals surface area contributed by atoms with Crippen molar-refractivity contribution in [3.8, 4) is 0 Å². The molecular formula is C13H15NO. The monoisotopic (exact) mass is 201 g/mol. The maximum atomic E-state index is 11.6. The zero-order valence-electron chi connectivity index (χ0n) is 9.05. The van der Waals surface area contributed by atoms with E-state index in [2.05, 4.69) is 0 Å². The number of carbonyl (C=O) groups excluding carboxylic acids is 1. The molecule has 0 unspecified atom stereocenters. The summed E-state index contributed by atoms with van der Waals surface area (Å²) in [5, 5.41) is 0. The van der Waals surface area contributed by atoms with E-state index in [0.717, 1.165) is 0 Å². The molecular weight excluding hydrogens is 186 g/mol. The van der Waals surface area contributed by atoms with Crippen LogP contribution in [0.3, 0.4) is 0 Å². The van der Waals surface area contributed by atoms with Crippen molar-refractivity contribution in [1.29, 1.82) is 0 Å². The molecule has 0 heterocycles. The van der Waals surface area contributed by atoms with E-state index < -0.39 is 0 Å². The summed E-state index contributed by atoms with van der Waals surface area (Å²) in [6.07, 6.45) is 7.03. The number of benzene rings is 1. The molecule has 2 heteroatoms. The van der Waals surface area contributed by atoms with Crippen LogP contribution in [-0.4, -0.2) is 24.8 Å². The van der Waals surface area contributed by atoms with Gasteiger partial charge in [0.15, 0.2) is 5.78 Å². The number of hydrogen-bond acceptors (Lipinski definition) is 2. The lowest BCUT2D eigenvalue weighted by Gasteiger charge is -2.00. The van der Waals surface area contributed by atoms with Crippen LogP contribution in [0.5, 0.6) is 0 Å².